The summed E-state index contributed by atoms with van der Waals surface area (Å²) in [6, 6.07) is 66.0. The maximum Gasteiger partial charge on any atom is 0.449 e. The second kappa shape index (κ2) is 16.1. The predicted octanol–water partition coefficient (Wildman–Crippen LogP) is 10.9. The van der Waals surface area contributed by atoms with Crippen LogP contribution in [0.4, 0.5) is 0 Å². The Morgan fingerprint density at radius 3 is 1.49 bits per heavy atom. The average molecular weight is 1310 g/mol. The highest BCUT2D eigenvalue weighted by molar-refractivity contribution is 6.17. The van der Waals surface area contributed by atoms with Crippen molar-refractivity contribution in [1.29, 1.82) is 0 Å². The van der Waals surface area contributed by atoms with Crippen LogP contribution in [0, 0.1) is 20.8 Å². The molecule has 468 valence electrons. The van der Waals surface area contributed by atoms with Crippen LogP contribution in [0.3, 0.4) is 0 Å². The van der Waals surface area contributed by atoms with E-state index in [0.29, 0.717) is 0 Å². The van der Waals surface area contributed by atoms with Crippen LogP contribution in [-0.2, 0) is 17.4 Å². The summed E-state index contributed by atoms with van der Waals surface area (Å²) in [5, 5.41) is 24.6. The molecule has 0 aliphatic carbocycles. The Bertz CT molecular complexity index is 7290. The lowest BCUT2D eigenvalue weighted by Gasteiger charge is -2.26. The first-order valence-electron chi connectivity index (χ1n) is 33.9. The average Bonchev–Trinajstić information content (AvgIpc) is 1.48. The first kappa shape index (κ1) is 50.5. The van der Waals surface area contributed by atoms with E-state index in [4.69, 9.17) is 39.5 Å². The zero-order valence-corrected chi connectivity index (χ0v) is 53.6. The van der Waals surface area contributed by atoms with Gasteiger partial charge in [-0.3, -0.25) is 4.98 Å². The number of benzene rings is 6. The van der Waals surface area contributed by atoms with Crippen LogP contribution >= 0.6 is 0 Å². The number of fused-ring (bicyclic) bond motifs is 21. The van der Waals surface area contributed by atoms with Gasteiger partial charge in [0.1, 0.15) is 46.0 Å². The van der Waals surface area contributed by atoms with Gasteiger partial charge in [0.25, 0.3) is 5.65 Å². The Kier molecular flexibility index (Phi) is 8.05. The van der Waals surface area contributed by atoms with Gasteiger partial charge in [-0.2, -0.15) is 28.5 Å². The highest BCUT2D eigenvalue weighted by Gasteiger charge is 2.74. The van der Waals surface area contributed by atoms with E-state index < -0.39 is 17.4 Å². The van der Waals surface area contributed by atoms with Gasteiger partial charge in [-0.15, -0.1) is 27.7 Å². The van der Waals surface area contributed by atoms with Gasteiger partial charge < -0.3 is 14.2 Å². The van der Waals surface area contributed by atoms with Gasteiger partial charge in [0.15, 0.2) is 56.0 Å². The van der Waals surface area contributed by atoms with Crippen molar-refractivity contribution >= 4 is 104 Å². The van der Waals surface area contributed by atoms with Crippen LogP contribution in [0.25, 0.3) is 138 Å². The third-order valence-electron chi connectivity index (χ3n) is 23.1. The second-order valence-electron chi connectivity index (χ2n) is 27.8. The smallest absolute Gasteiger partial charge is 0.404 e. The number of rotatable bonds is 0. The molecule has 3 atom stereocenters. The number of aryl methyl sites for hydroxylation is 3. The Morgan fingerprint density at radius 2 is 0.871 bits per heavy atom. The summed E-state index contributed by atoms with van der Waals surface area (Å²) in [4.78, 5) is 14.1. The highest BCUT2D eigenvalue weighted by atomic mass is 16.5. The number of pyridine rings is 7. The Morgan fingerprint density at radius 1 is 0.386 bits per heavy atom. The van der Waals surface area contributed by atoms with Gasteiger partial charge >= 0.3 is 51.9 Å². The standard InChI is InChI=1S/C28H16N6O.C27H15N7O.C25H15N5O/c1-15-13-22-21-7-4-8-24-32(21)28(34(22)30-15)26-23(35-24)10-9-16-17-14-29-12-11-18(17)31-19-5-2-3-6-20(19)33(28)27(31)25(16)26;1-14-13-19-18-7-4-8-21-32(18)27(34(19)30-14)23-20(35-21)10-9-15-22(23)26-31(25-24(15)28-11-12-29-25)16-5-2-3-6-17(16)33(26)27;1-14-13-19-18-7-4-8-21-29(18)25(30(19)26-14)23-20(31-21)10-9-16-15-5-2-3-6-17(15)27-11-12-28(25)24(27)22(16)23/h2-14H,1H3;2-13H,1H3;2-13H,1H3/q3*+2. The molecule has 0 saturated carbocycles. The first-order valence-corrected chi connectivity index (χ1v) is 33.9. The first-order chi connectivity index (χ1) is 49.8. The quantitative estimate of drug-likeness (QED) is 0.106. The molecule has 0 radical (unpaired) electrons. The molecule has 9 aliphatic heterocycles. The topological polar surface area (TPSA) is 156 Å². The molecule has 20 aromatic rings. The fraction of sp³-hybridized carbons (Fsp3) is 0.0750. The monoisotopic (exact) mass is 1310 g/mol. The zero-order chi connectivity index (χ0) is 65.3. The molecule has 0 fully saturated rings. The summed E-state index contributed by atoms with van der Waals surface area (Å²) in [6.45, 7) is 6.18. The Labute approximate surface area is 566 Å². The van der Waals surface area contributed by atoms with Crippen LogP contribution in [0.5, 0.6) is 34.9 Å². The molecule has 101 heavy (non-hydrogen) atoms. The fourth-order valence-electron chi connectivity index (χ4n) is 19.9. The number of aromatic nitrogens is 18. The van der Waals surface area contributed by atoms with Gasteiger partial charge in [0.05, 0.1) is 51.4 Å². The minimum atomic E-state index is -0.767. The van der Waals surface area contributed by atoms with Crippen molar-refractivity contribution < 1.29 is 41.6 Å². The van der Waals surface area contributed by atoms with Crippen molar-refractivity contribution in [2.45, 2.75) is 38.1 Å². The maximum absolute atomic E-state index is 6.59. The molecule has 0 bridgehead atoms. The third kappa shape index (κ3) is 5.07. The molecule has 9 aliphatic rings. The molecule has 29 rings (SSSR count). The third-order valence-corrected chi connectivity index (χ3v) is 23.1. The van der Waals surface area contributed by atoms with Crippen molar-refractivity contribution in [3.8, 4) is 69.1 Å². The van der Waals surface area contributed by atoms with Crippen LogP contribution < -0.4 is 41.6 Å². The normalized spacial score (nSPS) is 18.4. The van der Waals surface area contributed by atoms with E-state index in [2.05, 4.69) is 269 Å². The minimum absolute atomic E-state index is 0.642. The van der Waals surface area contributed by atoms with Crippen LogP contribution in [-0.4, -0.2) is 57.5 Å². The van der Waals surface area contributed by atoms with E-state index in [1.165, 1.54) is 38.1 Å². The number of ether oxygens (including phenoxy) is 3. The van der Waals surface area contributed by atoms with Crippen LogP contribution in [0.15, 0.2) is 225 Å². The molecule has 0 amide bonds. The van der Waals surface area contributed by atoms with Crippen LogP contribution in [0.1, 0.15) is 33.8 Å². The van der Waals surface area contributed by atoms with E-state index in [-0.39, 0.29) is 0 Å². The SMILES string of the molecule is Cc1cc2n(n1)C13c4c(ccc5c6ccccc6n6cc[n+]1c6c45)Oc1cccc-2[n+]13.Cc1cc2n(n1)C13c4c(ccc5c6cnccc6n6c7ccccc7[n+]1c6c45)Oc1cccc-2[n+]13.Cc1cc2n(n1)C13c4c(ccc5c6nccnc6n6c7ccccc7[n+]1c6c45)Oc1cccc-2[n+]13. The van der Waals surface area contributed by atoms with Crippen molar-refractivity contribution in [3.05, 3.63) is 259 Å². The molecule has 21 nitrogen and oxygen atoms in total. The van der Waals surface area contributed by atoms with Crippen molar-refractivity contribution in [1.82, 2.24) is 57.5 Å². The summed E-state index contributed by atoms with van der Waals surface area (Å²) >= 11 is 0. The molecule has 14 aromatic heterocycles. The lowest BCUT2D eigenvalue weighted by molar-refractivity contribution is -0.969. The lowest BCUT2D eigenvalue weighted by Crippen LogP contribution is -2.75. The number of hydrogen-bond donors (Lipinski definition) is 0. The molecule has 6 aromatic carbocycles. The number of hydrogen-bond acceptors (Lipinski definition) is 9. The van der Waals surface area contributed by atoms with E-state index in [0.717, 1.165) is 169 Å². The molecule has 3 unspecified atom stereocenters. The highest BCUT2D eigenvalue weighted by Crippen LogP contribution is 2.57. The number of nitrogens with zero attached hydrogens (tertiary/aromatic N) is 18. The second-order valence-corrected chi connectivity index (χ2v) is 27.8. The molecule has 21 heteroatoms. The molecule has 0 N–H and O–H groups in total. The number of para-hydroxylation sites is 5. The van der Waals surface area contributed by atoms with E-state index in [1.54, 1.807) is 12.4 Å². The Balaban J connectivity index is 0.0000000857. The van der Waals surface area contributed by atoms with E-state index in [9.17, 15) is 0 Å². The summed E-state index contributed by atoms with van der Waals surface area (Å²) < 4.78 is 47.4. The number of imidazole rings is 3. The van der Waals surface area contributed by atoms with Gasteiger partial charge in [-0.1, -0.05) is 56.2 Å². The van der Waals surface area contributed by atoms with E-state index >= 15 is 0 Å². The summed E-state index contributed by atoms with van der Waals surface area (Å²) in [5.41, 5.74) is 24.9. The summed E-state index contributed by atoms with van der Waals surface area (Å²) in [7, 11) is 0. The van der Waals surface area contributed by atoms with Gasteiger partial charge in [-0.05, 0) is 124 Å². The van der Waals surface area contributed by atoms with Crippen molar-refractivity contribution in [3.63, 3.8) is 0 Å². The largest absolute Gasteiger partial charge is 0.449 e. The minimum Gasteiger partial charge on any atom is -0.404 e. The van der Waals surface area contributed by atoms with E-state index in [1.807, 2.05) is 24.5 Å². The molecule has 23 heterocycles. The van der Waals surface area contributed by atoms with Gasteiger partial charge in [0.2, 0.25) is 17.1 Å². The van der Waals surface area contributed by atoms with Crippen LogP contribution in [0.2, 0.25) is 0 Å². The van der Waals surface area contributed by atoms with Crippen molar-refractivity contribution in [2.24, 2.45) is 0 Å². The zero-order valence-electron chi connectivity index (χ0n) is 53.6. The lowest BCUT2D eigenvalue weighted by atomic mass is 9.97. The molecular formula is C80H46N18O3+6. The fourth-order valence-corrected chi connectivity index (χ4v) is 19.9. The summed E-state index contributed by atoms with van der Waals surface area (Å²) in [5.74, 6) is 2.90. The van der Waals surface area contributed by atoms with Gasteiger partial charge in [0, 0.05) is 76.0 Å². The maximum atomic E-state index is 6.59. The molecular weight excluding hydrogens is 1260 g/mol. The molecule has 3 spiro atoms. The predicted molar refractivity (Wildman–Crippen MR) is 368 cm³/mol. The van der Waals surface area contributed by atoms with Crippen molar-refractivity contribution in [2.75, 3.05) is 0 Å². The van der Waals surface area contributed by atoms with Gasteiger partial charge in [-0.25, -0.2) is 9.97 Å². The summed E-state index contributed by atoms with van der Waals surface area (Å²) in [6.07, 6.45) is 11.8. The molecule has 0 saturated heterocycles. The Hall–Kier alpha value is -13.8.